The summed E-state index contributed by atoms with van der Waals surface area (Å²) in [5, 5.41) is 0. The Kier molecular flexibility index (Phi) is 7.25. The smallest absolute Gasteiger partial charge is 0.270 e. The maximum Gasteiger partial charge on any atom is 0.270 e. The van der Waals surface area contributed by atoms with Gasteiger partial charge in [-0.3, -0.25) is 4.57 Å². The molecular weight excluding hydrogens is 281 g/mol. The molecule has 0 aromatic rings. The van der Waals surface area contributed by atoms with E-state index in [4.69, 9.17) is 0 Å². The summed E-state index contributed by atoms with van der Waals surface area (Å²) in [6.07, 6.45) is 14.9. The summed E-state index contributed by atoms with van der Waals surface area (Å²) in [5.74, 6) is 0.488. The predicted molar refractivity (Wildman–Crippen MR) is 89.8 cm³/mol. The lowest BCUT2D eigenvalue weighted by Crippen LogP contribution is -2.36. The van der Waals surface area contributed by atoms with Crippen LogP contribution in [0.4, 0.5) is 0 Å². The maximum absolute atomic E-state index is 13.1. The third kappa shape index (κ3) is 5.37. The molecule has 2 aliphatic rings. The molecule has 0 spiro atoms. The molecule has 4 heteroatoms. The van der Waals surface area contributed by atoms with E-state index in [1.54, 1.807) is 0 Å². The number of hydrogen-bond donors (Lipinski definition) is 1. The van der Waals surface area contributed by atoms with Gasteiger partial charge in [0.05, 0.1) is 0 Å². The van der Waals surface area contributed by atoms with Crippen LogP contribution >= 0.6 is 7.52 Å². The van der Waals surface area contributed by atoms with E-state index < -0.39 is 7.52 Å². The first kappa shape index (κ1) is 17.5. The van der Waals surface area contributed by atoms with Crippen LogP contribution in [0.5, 0.6) is 0 Å². The van der Waals surface area contributed by atoms with Crippen molar-refractivity contribution in [1.29, 1.82) is 0 Å². The zero-order valence-corrected chi connectivity index (χ0v) is 14.7. The van der Waals surface area contributed by atoms with Crippen molar-refractivity contribution in [1.82, 2.24) is 4.67 Å². The molecule has 2 saturated carbocycles. The Balaban J connectivity index is 1.99. The van der Waals surface area contributed by atoms with Gasteiger partial charge < -0.3 is 4.89 Å². The lowest BCUT2D eigenvalue weighted by molar-refractivity contribution is 0.221. The van der Waals surface area contributed by atoms with Gasteiger partial charge in [0.15, 0.2) is 0 Å². The minimum atomic E-state index is -3.14. The number of hydrogen-bond acceptors (Lipinski definition) is 1. The monoisotopic (exact) mass is 315 g/mol. The Morgan fingerprint density at radius 3 is 2.14 bits per heavy atom. The van der Waals surface area contributed by atoms with Crippen molar-refractivity contribution >= 4 is 7.52 Å². The minimum absolute atomic E-state index is 0.365. The van der Waals surface area contributed by atoms with Crippen molar-refractivity contribution in [2.75, 3.05) is 12.7 Å². The number of nitrogens with zero attached hydrogens (tertiary/aromatic N) is 1. The van der Waals surface area contributed by atoms with Crippen LogP contribution < -0.4 is 0 Å². The molecule has 2 rings (SSSR count). The van der Waals surface area contributed by atoms with Gasteiger partial charge in [-0.25, -0.2) is 4.67 Å². The Hall–Kier alpha value is 0.150. The van der Waals surface area contributed by atoms with Gasteiger partial charge in [-0.15, -0.1) is 0 Å². The average Bonchev–Trinajstić information content (AvgIpc) is 2.49. The third-order valence-corrected chi connectivity index (χ3v) is 7.68. The summed E-state index contributed by atoms with van der Waals surface area (Å²) in [6, 6.07) is 0.365. The van der Waals surface area contributed by atoms with Gasteiger partial charge in [-0.05, 0) is 38.0 Å². The Bertz CT molecular complexity index is 336. The summed E-state index contributed by atoms with van der Waals surface area (Å²) < 4.78 is 15.1. The molecule has 1 unspecified atom stereocenters. The van der Waals surface area contributed by atoms with E-state index in [9.17, 15) is 9.46 Å². The van der Waals surface area contributed by atoms with Crippen LogP contribution in [0, 0.1) is 5.92 Å². The van der Waals surface area contributed by atoms with Gasteiger partial charge >= 0.3 is 0 Å². The maximum atomic E-state index is 13.1. The molecule has 0 heterocycles. The first-order chi connectivity index (χ1) is 10.1. The first-order valence-corrected chi connectivity index (χ1v) is 11.0. The molecule has 0 aliphatic heterocycles. The van der Waals surface area contributed by atoms with Crippen molar-refractivity contribution in [2.24, 2.45) is 5.92 Å². The molecule has 2 aliphatic carbocycles. The van der Waals surface area contributed by atoms with Crippen molar-refractivity contribution in [3.63, 3.8) is 0 Å². The lowest BCUT2D eigenvalue weighted by atomic mass is 9.91. The molecule has 0 aromatic carbocycles. The van der Waals surface area contributed by atoms with Gasteiger partial charge in [0.2, 0.25) is 0 Å². The summed E-state index contributed by atoms with van der Waals surface area (Å²) in [7, 11) is -3.14. The Morgan fingerprint density at radius 2 is 1.57 bits per heavy atom. The van der Waals surface area contributed by atoms with E-state index in [1.165, 1.54) is 38.5 Å². The summed E-state index contributed by atoms with van der Waals surface area (Å²) in [5.41, 5.74) is 0. The predicted octanol–water partition coefficient (Wildman–Crippen LogP) is 5.19. The molecule has 0 amide bonds. The van der Waals surface area contributed by atoms with Gasteiger partial charge in [0.1, 0.15) is 0 Å². The van der Waals surface area contributed by atoms with E-state index in [0.29, 0.717) is 18.1 Å². The topological polar surface area (TPSA) is 40.5 Å². The molecule has 124 valence electrons. The normalized spacial score (nSPS) is 25.1. The van der Waals surface area contributed by atoms with Gasteiger partial charge in [0, 0.05) is 18.7 Å². The van der Waals surface area contributed by atoms with Crippen molar-refractivity contribution in [2.45, 2.75) is 90.0 Å². The van der Waals surface area contributed by atoms with E-state index in [1.807, 2.05) is 4.67 Å². The van der Waals surface area contributed by atoms with Gasteiger partial charge in [-0.1, -0.05) is 51.9 Å². The molecule has 1 N–H and O–H groups in total. The van der Waals surface area contributed by atoms with Crippen LogP contribution in [-0.4, -0.2) is 28.3 Å². The molecule has 0 radical (unpaired) electrons. The summed E-state index contributed by atoms with van der Waals surface area (Å²) in [6.45, 7) is 2.99. The van der Waals surface area contributed by atoms with Crippen molar-refractivity contribution in [3.8, 4) is 0 Å². The molecule has 0 bridgehead atoms. The fraction of sp³-hybridized carbons (Fsp3) is 1.00. The largest absolute Gasteiger partial charge is 0.333 e. The fourth-order valence-corrected chi connectivity index (χ4v) is 6.55. The average molecular weight is 315 g/mol. The van der Waals surface area contributed by atoms with E-state index in [0.717, 1.165) is 45.1 Å². The second kappa shape index (κ2) is 8.70. The summed E-state index contributed by atoms with van der Waals surface area (Å²) in [4.78, 5) is 10.8. The Labute approximate surface area is 131 Å². The SMILES string of the molecule is CCCCN(C1CCCCC1)P(=O)(O)CC1CCCCC1. The molecule has 21 heavy (non-hydrogen) atoms. The molecular formula is C17H34NO2P. The lowest BCUT2D eigenvalue weighted by Gasteiger charge is -2.38. The summed E-state index contributed by atoms with van der Waals surface area (Å²) >= 11 is 0. The van der Waals surface area contributed by atoms with E-state index in [-0.39, 0.29) is 0 Å². The second-order valence-corrected chi connectivity index (χ2v) is 9.37. The minimum Gasteiger partial charge on any atom is -0.333 e. The molecule has 1 atom stereocenters. The van der Waals surface area contributed by atoms with Crippen LogP contribution in [0.1, 0.15) is 84.0 Å². The van der Waals surface area contributed by atoms with Crippen LogP contribution in [-0.2, 0) is 4.57 Å². The zero-order chi connectivity index (χ0) is 15.1. The molecule has 0 saturated heterocycles. The van der Waals surface area contributed by atoms with Crippen molar-refractivity contribution < 1.29 is 9.46 Å². The molecule has 2 fully saturated rings. The standard InChI is InChI=1S/C17H34NO2P/c1-2-3-14-18(17-12-8-5-9-13-17)21(19,20)15-16-10-6-4-7-11-16/h16-17H,2-15H2,1H3,(H,19,20). The third-order valence-electron chi connectivity index (χ3n) is 5.36. The van der Waals surface area contributed by atoms with E-state index >= 15 is 0 Å². The zero-order valence-electron chi connectivity index (χ0n) is 13.8. The Morgan fingerprint density at radius 1 is 1.00 bits per heavy atom. The number of unbranched alkanes of at least 4 members (excludes halogenated alkanes) is 1. The van der Waals surface area contributed by atoms with Crippen LogP contribution in [0.2, 0.25) is 0 Å². The molecule has 3 nitrogen and oxygen atoms in total. The van der Waals surface area contributed by atoms with E-state index in [2.05, 4.69) is 6.92 Å². The van der Waals surface area contributed by atoms with Gasteiger partial charge in [-0.2, -0.15) is 0 Å². The fourth-order valence-electron chi connectivity index (χ4n) is 4.10. The van der Waals surface area contributed by atoms with Crippen LogP contribution in [0.25, 0.3) is 0 Å². The highest BCUT2D eigenvalue weighted by Gasteiger charge is 2.36. The first-order valence-electron chi connectivity index (χ1n) is 9.22. The highest BCUT2D eigenvalue weighted by molar-refractivity contribution is 7.55. The second-order valence-electron chi connectivity index (χ2n) is 7.16. The molecule has 0 aromatic heterocycles. The van der Waals surface area contributed by atoms with Gasteiger partial charge in [0.25, 0.3) is 7.52 Å². The van der Waals surface area contributed by atoms with Crippen molar-refractivity contribution in [3.05, 3.63) is 0 Å². The van der Waals surface area contributed by atoms with Crippen LogP contribution in [0.15, 0.2) is 0 Å². The number of rotatable bonds is 7. The highest BCUT2D eigenvalue weighted by Crippen LogP contribution is 2.52. The highest BCUT2D eigenvalue weighted by atomic mass is 31.2. The quantitative estimate of drug-likeness (QED) is 0.657. The van der Waals surface area contributed by atoms with Crippen LogP contribution in [0.3, 0.4) is 0 Å².